The molecule has 9 heteroatoms. The summed E-state index contributed by atoms with van der Waals surface area (Å²) < 4.78 is 11.5. The fourth-order valence-corrected chi connectivity index (χ4v) is 3.43. The predicted octanol–water partition coefficient (Wildman–Crippen LogP) is -0.603. The van der Waals surface area contributed by atoms with Crippen molar-refractivity contribution in [3.8, 4) is 11.3 Å². The zero-order valence-corrected chi connectivity index (χ0v) is 12.8. The third-order valence-corrected chi connectivity index (χ3v) is 4.84. The summed E-state index contributed by atoms with van der Waals surface area (Å²) in [6.45, 7) is 3.20. The summed E-state index contributed by atoms with van der Waals surface area (Å²) >= 11 is 0. The van der Waals surface area contributed by atoms with Gasteiger partial charge in [0, 0.05) is 41.6 Å². The second kappa shape index (κ2) is 5.84. The highest BCUT2D eigenvalue weighted by Gasteiger charge is 2.19. The molecule has 0 radical (unpaired) electrons. The standard InChI is InChI=1S/C13H15N5O3S/c1-8-11(18-2-4-22(21)5-3-18)6-10(17-16-8)9-7-14-13(20)15-12(9)19/h6-7H,2-5H2,1H3,(H2,14,15,19,20). The molecular formula is C13H15N5O3S. The first-order valence-electron chi connectivity index (χ1n) is 6.81. The van der Waals surface area contributed by atoms with E-state index in [0.717, 1.165) is 11.4 Å². The second-order valence-electron chi connectivity index (χ2n) is 5.02. The van der Waals surface area contributed by atoms with Gasteiger partial charge in [0.15, 0.2) is 0 Å². The maximum absolute atomic E-state index is 11.9. The molecule has 2 aromatic rings. The summed E-state index contributed by atoms with van der Waals surface area (Å²) in [4.78, 5) is 29.6. The third-order valence-electron chi connectivity index (χ3n) is 3.57. The van der Waals surface area contributed by atoms with E-state index in [0.29, 0.717) is 30.3 Å². The summed E-state index contributed by atoms with van der Waals surface area (Å²) in [6.07, 6.45) is 1.33. The molecule has 116 valence electrons. The Labute approximate surface area is 128 Å². The molecule has 0 bridgehead atoms. The normalized spacial score (nSPS) is 16.0. The van der Waals surface area contributed by atoms with Gasteiger partial charge in [-0.1, -0.05) is 0 Å². The lowest BCUT2D eigenvalue weighted by molar-refractivity contribution is 0.672. The van der Waals surface area contributed by atoms with Crippen molar-refractivity contribution in [3.05, 3.63) is 38.8 Å². The summed E-state index contributed by atoms with van der Waals surface area (Å²) in [5.41, 5.74) is 1.20. The van der Waals surface area contributed by atoms with Crippen molar-refractivity contribution in [3.63, 3.8) is 0 Å². The van der Waals surface area contributed by atoms with Gasteiger partial charge in [0.1, 0.15) is 5.69 Å². The van der Waals surface area contributed by atoms with Gasteiger partial charge in [0.05, 0.1) is 16.9 Å². The summed E-state index contributed by atoms with van der Waals surface area (Å²) in [5.74, 6) is 1.24. The van der Waals surface area contributed by atoms with E-state index in [2.05, 4.69) is 25.1 Å². The Bertz CT molecular complexity index is 834. The monoisotopic (exact) mass is 321 g/mol. The van der Waals surface area contributed by atoms with Crippen LogP contribution in [-0.2, 0) is 10.8 Å². The minimum absolute atomic E-state index is 0.258. The molecular weight excluding hydrogens is 306 g/mol. The van der Waals surface area contributed by atoms with Crippen LogP contribution in [0.2, 0.25) is 0 Å². The molecule has 1 aliphatic rings. The molecule has 0 aliphatic carbocycles. The minimum atomic E-state index is -0.761. The van der Waals surface area contributed by atoms with Gasteiger partial charge < -0.3 is 9.88 Å². The van der Waals surface area contributed by atoms with Crippen LogP contribution in [0.4, 0.5) is 5.69 Å². The van der Waals surface area contributed by atoms with Crippen molar-refractivity contribution in [2.75, 3.05) is 29.5 Å². The van der Waals surface area contributed by atoms with Gasteiger partial charge in [-0.3, -0.25) is 14.0 Å². The van der Waals surface area contributed by atoms with E-state index in [1.807, 2.05) is 6.92 Å². The first kappa shape index (κ1) is 14.6. The van der Waals surface area contributed by atoms with Crippen LogP contribution in [0.5, 0.6) is 0 Å². The Hall–Kier alpha value is -2.29. The van der Waals surface area contributed by atoms with Crippen molar-refractivity contribution in [2.24, 2.45) is 0 Å². The van der Waals surface area contributed by atoms with Crippen LogP contribution in [0.15, 0.2) is 21.9 Å². The van der Waals surface area contributed by atoms with Gasteiger partial charge in [0.25, 0.3) is 5.56 Å². The van der Waals surface area contributed by atoms with Gasteiger partial charge in [0.2, 0.25) is 0 Å². The lowest BCUT2D eigenvalue weighted by Crippen LogP contribution is -2.38. The lowest BCUT2D eigenvalue weighted by Gasteiger charge is -2.29. The zero-order chi connectivity index (χ0) is 15.7. The summed E-state index contributed by atoms with van der Waals surface area (Å²) in [7, 11) is -0.761. The number of aromatic amines is 2. The largest absolute Gasteiger partial charge is 0.368 e. The smallest absolute Gasteiger partial charge is 0.325 e. The third kappa shape index (κ3) is 2.84. The molecule has 2 aromatic heterocycles. The Morgan fingerprint density at radius 1 is 1.23 bits per heavy atom. The second-order valence-corrected chi connectivity index (χ2v) is 6.72. The van der Waals surface area contributed by atoms with E-state index in [1.165, 1.54) is 6.20 Å². The van der Waals surface area contributed by atoms with Gasteiger partial charge in [-0.25, -0.2) is 4.79 Å². The van der Waals surface area contributed by atoms with Gasteiger partial charge in [-0.2, -0.15) is 5.10 Å². The molecule has 0 unspecified atom stereocenters. The molecule has 3 heterocycles. The molecule has 0 saturated carbocycles. The van der Waals surface area contributed by atoms with Gasteiger partial charge in [-0.05, 0) is 13.0 Å². The van der Waals surface area contributed by atoms with Crippen LogP contribution in [0, 0.1) is 6.92 Å². The minimum Gasteiger partial charge on any atom is -0.368 e. The van der Waals surface area contributed by atoms with Gasteiger partial charge >= 0.3 is 5.69 Å². The topological polar surface area (TPSA) is 112 Å². The number of hydrogen-bond acceptors (Lipinski definition) is 6. The highest BCUT2D eigenvalue weighted by molar-refractivity contribution is 7.85. The maximum Gasteiger partial charge on any atom is 0.325 e. The van der Waals surface area contributed by atoms with Crippen molar-refractivity contribution < 1.29 is 4.21 Å². The van der Waals surface area contributed by atoms with E-state index in [1.54, 1.807) is 6.07 Å². The van der Waals surface area contributed by atoms with E-state index >= 15 is 0 Å². The number of aromatic nitrogens is 4. The van der Waals surface area contributed by atoms with E-state index in [-0.39, 0.29) is 5.56 Å². The van der Waals surface area contributed by atoms with Crippen molar-refractivity contribution >= 4 is 16.5 Å². The Balaban J connectivity index is 2.01. The lowest BCUT2D eigenvalue weighted by atomic mass is 10.2. The highest BCUT2D eigenvalue weighted by atomic mass is 32.2. The number of aryl methyl sites for hydroxylation is 1. The van der Waals surface area contributed by atoms with Crippen LogP contribution in [0.3, 0.4) is 0 Å². The van der Waals surface area contributed by atoms with Crippen molar-refractivity contribution in [1.29, 1.82) is 0 Å². The van der Waals surface area contributed by atoms with E-state index < -0.39 is 22.0 Å². The summed E-state index contributed by atoms with van der Waals surface area (Å²) in [5, 5.41) is 8.13. The molecule has 0 atom stereocenters. The van der Waals surface area contributed by atoms with Crippen molar-refractivity contribution in [1.82, 2.24) is 20.2 Å². The molecule has 1 saturated heterocycles. The molecule has 22 heavy (non-hydrogen) atoms. The molecule has 1 aliphatic heterocycles. The van der Waals surface area contributed by atoms with E-state index in [4.69, 9.17) is 0 Å². The molecule has 3 rings (SSSR count). The zero-order valence-electron chi connectivity index (χ0n) is 12.0. The number of hydrogen-bond donors (Lipinski definition) is 2. The number of nitrogens with one attached hydrogen (secondary N) is 2. The number of rotatable bonds is 2. The quantitative estimate of drug-likeness (QED) is 0.764. The van der Waals surface area contributed by atoms with Crippen LogP contribution in [-0.4, -0.2) is 49.0 Å². The first-order valence-corrected chi connectivity index (χ1v) is 8.30. The molecule has 0 aromatic carbocycles. The number of nitrogens with zero attached hydrogens (tertiary/aromatic N) is 3. The Morgan fingerprint density at radius 2 is 1.95 bits per heavy atom. The molecule has 0 amide bonds. The Morgan fingerprint density at radius 3 is 2.64 bits per heavy atom. The highest BCUT2D eigenvalue weighted by Crippen LogP contribution is 2.23. The Kier molecular flexibility index (Phi) is 3.88. The van der Waals surface area contributed by atoms with Crippen LogP contribution < -0.4 is 16.1 Å². The van der Waals surface area contributed by atoms with Crippen LogP contribution in [0.1, 0.15) is 5.69 Å². The van der Waals surface area contributed by atoms with Crippen LogP contribution in [0.25, 0.3) is 11.3 Å². The first-order chi connectivity index (χ1) is 10.5. The van der Waals surface area contributed by atoms with E-state index in [9.17, 15) is 13.8 Å². The fraction of sp³-hybridized carbons (Fsp3) is 0.385. The molecule has 8 nitrogen and oxygen atoms in total. The number of anilines is 1. The predicted molar refractivity (Wildman–Crippen MR) is 83.5 cm³/mol. The average molecular weight is 321 g/mol. The average Bonchev–Trinajstić information content (AvgIpc) is 2.49. The fourth-order valence-electron chi connectivity index (χ4n) is 2.37. The maximum atomic E-state index is 11.9. The SMILES string of the molecule is Cc1nnc(-c2c[nH]c(=O)[nH]c2=O)cc1N1CCS(=O)CC1. The molecule has 1 fully saturated rings. The van der Waals surface area contributed by atoms with Crippen LogP contribution >= 0.6 is 0 Å². The van der Waals surface area contributed by atoms with Crippen molar-refractivity contribution in [2.45, 2.75) is 6.92 Å². The molecule has 0 spiro atoms. The van der Waals surface area contributed by atoms with Gasteiger partial charge in [-0.15, -0.1) is 5.10 Å². The number of H-pyrrole nitrogens is 2. The summed E-state index contributed by atoms with van der Waals surface area (Å²) in [6, 6.07) is 1.78. The molecule has 2 N–H and O–H groups in total.